The lowest BCUT2D eigenvalue weighted by Crippen LogP contribution is -2.42. The Morgan fingerprint density at radius 2 is 1.91 bits per heavy atom. The number of rotatable bonds is 3. The zero-order chi connectivity index (χ0) is 23.2. The standard InChI is InChI=1S/C25H23BrFN3OS/c1-25(2)11-20-23(21(31)12-25)22(14-4-7-16(32-3)8-5-14)17(13-28)24(29)30(20)19-9-6-15(26)10-18(19)27/h4-10,22H,11-12,29H2,1-3H3. The van der Waals surface area contributed by atoms with E-state index < -0.39 is 11.7 Å². The average Bonchev–Trinajstić information content (AvgIpc) is 2.73. The normalized spacial score (nSPS) is 20.3. The molecule has 2 N–H and O–H groups in total. The number of thioether (sulfide) groups is 1. The maximum Gasteiger partial charge on any atom is 0.162 e. The lowest BCUT2D eigenvalue weighted by Gasteiger charge is -2.43. The zero-order valence-electron chi connectivity index (χ0n) is 18.1. The summed E-state index contributed by atoms with van der Waals surface area (Å²) < 4.78 is 15.6. The van der Waals surface area contributed by atoms with Crippen LogP contribution in [0, 0.1) is 22.6 Å². The molecule has 7 heteroatoms. The number of nitrogens with two attached hydrogens (primary N) is 1. The molecule has 1 heterocycles. The molecule has 4 rings (SSSR count). The van der Waals surface area contributed by atoms with Crippen molar-refractivity contribution in [3.63, 3.8) is 0 Å². The maximum absolute atomic E-state index is 15.0. The summed E-state index contributed by atoms with van der Waals surface area (Å²) in [6.45, 7) is 4.04. The summed E-state index contributed by atoms with van der Waals surface area (Å²) in [5.41, 5.74) is 8.77. The number of nitriles is 1. The van der Waals surface area contributed by atoms with Crippen LogP contribution in [0.1, 0.15) is 38.2 Å². The fourth-order valence-corrected chi connectivity index (χ4v) is 5.32. The van der Waals surface area contributed by atoms with Gasteiger partial charge in [-0.1, -0.05) is 41.9 Å². The highest BCUT2D eigenvalue weighted by Gasteiger charge is 2.45. The first-order valence-electron chi connectivity index (χ1n) is 10.2. The molecule has 2 aliphatic rings. The fourth-order valence-electron chi connectivity index (χ4n) is 4.58. The van der Waals surface area contributed by atoms with Crippen LogP contribution in [0.25, 0.3) is 0 Å². The first-order chi connectivity index (χ1) is 15.2. The van der Waals surface area contributed by atoms with Gasteiger partial charge in [0.25, 0.3) is 0 Å². The fraction of sp³-hybridized carbons (Fsp3) is 0.280. The topological polar surface area (TPSA) is 70.1 Å². The monoisotopic (exact) mass is 511 g/mol. The predicted octanol–water partition coefficient (Wildman–Crippen LogP) is 6.25. The molecule has 1 aliphatic heterocycles. The molecule has 32 heavy (non-hydrogen) atoms. The number of nitrogens with zero attached hydrogens (tertiary/aromatic N) is 2. The molecule has 2 aromatic rings. The van der Waals surface area contributed by atoms with E-state index in [0.717, 1.165) is 10.5 Å². The van der Waals surface area contributed by atoms with E-state index in [4.69, 9.17) is 5.73 Å². The SMILES string of the molecule is CSc1ccc(C2C(C#N)=C(N)N(c3ccc(Br)cc3F)C3=C2C(=O)CC(C)(C)C3)cc1. The minimum atomic E-state index is -0.565. The van der Waals surface area contributed by atoms with Gasteiger partial charge in [0, 0.05) is 27.1 Å². The van der Waals surface area contributed by atoms with Crippen LogP contribution in [0.5, 0.6) is 0 Å². The molecule has 164 valence electrons. The van der Waals surface area contributed by atoms with Crippen LogP contribution in [0.4, 0.5) is 10.1 Å². The molecule has 1 aliphatic carbocycles. The van der Waals surface area contributed by atoms with Gasteiger partial charge in [-0.3, -0.25) is 9.69 Å². The molecule has 0 saturated heterocycles. The average molecular weight is 512 g/mol. The van der Waals surface area contributed by atoms with E-state index in [-0.39, 0.29) is 28.3 Å². The smallest absolute Gasteiger partial charge is 0.162 e. The van der Waals surface area contributed by atoms with Crippen LogP contribution in [0.3, 0.4) is 0 Å². The van der Waals surface area contributed by atoms with Gasteiger partial charge in [-0.05, 0) is 54.0 Å². The summed E-state index contributed by atoms with van der Waals surface area (Å²) in [6.07, 6.45) is 2.90. The number of allylic oxidation sites excluding steroid dienone is 3. The van der Waals surface area contributed by atoms with Gasteiger partial charge in [-0.15, -0.1) is 11.8 Å². The number of halogens is 2. The van der Waals surface area contributed by atoms with Gasteiger partial charge in [0.15, 0.2) is 5.78 Å². The Balaban J connectivity index is 1.99. The third kappa shape index (κ3) is 3.87. The second kappa shape index (κ2) is 8.42. The van der Waals surface area contributed by atoms with Crippen molar-refractivity contribution in [1.29, 1.82) is 5.26 Å². The molecule has 0 fully saturated rings. The summed E-state index contributed by atoms with van der Waals surface area (Å²) in [5, 5.41) is 10.1. The van der Waals surface area contributed by atoms with E-state index in [1.807, 2.05) is 44.4 Å². The molecule has 0 spiro atoms. The second-order valence-electron chi connectivity index (χ2n) is 8.85. The van der Waals surface area contributed by atoms with Gasteiger partial charge in [0.05, 0.1) is 23.2 Å². The molecular weight excluding hydrogens is 489 g/mol. The van der Waals surface area contributed by atoms with E-state index in [9.17, 15) is 10.1 Å². The number of benzene rings is 2. The summed E-state index contributed by atoms with van der Waals surface area (Å²) in [7, 11) is 0. The first-order valence-corrected chi connectivity index (χ1v) is 12.2. The Kier molecular flexibility index (Phi) is 5.95. The number of hydrogen-bond acceptors (Lipinski definition) is 5. The number of Topliss-reactive ketones (excluding diaryl/α,β-unsaturated/α-hetero) is 1. The number of carbonyl (C=O) groups is 1. The van der Waals surface area contributed by atoms with Crippen molar-refractivity contribution in [3.05, 3.63) is 81.0 Å². The molecular formula is C25H23BrFN3OS. The quantitative estimate of drug-likeness (QED) is 0.493. The van der Waals surface area contributed by atoms with Crippen molar-refractivity contribution < 1.29 is 9.18 Å². The minimum Gasteiger partial charge on any atom is -0.384 e. The van der Waals surface area contributed by atoms with Crippen LogP contribution in [0.15, 0.2) is 74.5 Å². The van der Waals surface area contributed by atoms with Crippen molar-refractivity contribution in [3.8, 4) is 6.07 Å². The van der Waals surface area contributed by atoms with E-state index >= 15 is 4.39 Å². The Bertz CT molecular complexity index is 1210. The summed E-state index contributed by atoms with van der Waals surface area (Å²) in [6, 6.07) is 14.8. The van der Waals surface area contributed by atoms with Gasteiger partial charge in [0.1, 0.15) is 11.6 Å². The van der Waals surface area contributed by atoms with E-state index in [1.165, 1.54) is 6.07 Å². The Morgan fingerprint density at radius 3 is 2.50 bits per heavy atom. The third-order valence-corrected chi connectivity index (χ3v) is 7.22. The Hall–Kier alpha value is -2.56. The van der Waals surface area contributed by atoms with Gasteiger partial charge in [0.2, 0.25) is 0 Å². The lowest BCUT2D eigenvalue weighted by molar-refractivity contribution is -0.118. The molecule has 0 aromatic heterocycles. The van der Waals surface area contributed by atoms with Crippen LogP contribution >= 0.6 is 27.7 Å². The van der Waals surface area contributed by atoms with Gasteiger partial charge >= 0.3 is 0 Å². The minimum absolute atomic E-state index is 0.0297. The highest BCUT2D eigenvalue weighted by atomic mass is 79.9. The zero-order valence-corrected chi connectivity index (χ0v) is 20.5. The lowest BCUT2D eigenvalue weighted by atomic mass is 9.68. The molecule has 0 amide bonds. The second-order valence-corrected chi connectivity index (χ2v) is 10.6. The highest BCUT2D eigenvalue weighted by Crippen LogP contribution is 2.50. The first kappa shape index (κ1) is 22.6. The van der Waals surface area contributed by atoms with Gasteiger partial charge in [-0.2, -0.15) is 5.26 Å². The molecule has 0 saturated carbocycles. The number of carbonyl (C=O) groups excluding carboxylic acids is 1. The van der Waals surface area contributed by atoms with Crippen LogP contribution < -0.4 is 10.6 Å². The van der Waals surface area contributed by atoms with Crippen molar-refractivity contribution in [2.75, 3.05) is 11.2 Å². The summed E-state index contributed by atoms with van der Waals surface area (Å²) in [5.74, 6) is -0.913. The molecule has 2 aromatic carbocycles. The molecule has 4 nitrogen and oxygen atoms in total. The maximum atomic E-state index is 15.0. The largest absolute Gasteiger partial charge is 0.384 e. The number of anilines is 1. The van der Waals surface area contributed by atoms with E-state index in [2.05, 4.69) is 22.0 Å². The van der Waals surface area contributed by atoms with Gasteiger partial charge < -0.3 is 5.73 Å². The van der Waals surface area contributed by atoms with Crippen molar-refractivity contribution in [1.82, 2.24) is 0 Å². The molecule has 1 unspecified atom stereocenters. The van der Waals surface area contributed by atoms with E-state index in [1.54, 1.807) is 28.8 Å². The van der Waals surface area contributed by atoms with Crippen LogP contribution in [-0.4, -0.2) is 12.0 Å². The Labute approximate surface area is 200 Å². The van der Waals surface area contributed by atoms with E-state index in [0.29, 0.717) is 28.6 Å². The molecule has 0 radical (unpaired) electrons. The molecule has 0 bridgehead atoms. The number of ketones is 1. The van der Waals surface area contributed by atoms with Crippen LogP contribution in [0.2, 0.25) is 0 Å². The van der Waals surface area contributed by atoms with Gasteiger partial charge in [-0.25, -0.2) is 4.39 Å². The predicted molar refractivity (Wildman–Crippen MR) is 129 cm³/mol. The van der Waals surface area contributed by atoms with Crippen molar-refractivity contribution in [2.45, 2.75) is 37.5 Å². The summed E-state index contributed by atoms with van der Waals surface area (Å²) in [4.78, 5) is 16.1. The third-order valence-electron chi connectivity index (χ3n) is 5.98. The summed E-state index contributed by atoms with van der Waals surface area (Å²) >= 11 is 4.91. The van der Waals surface area contributed by atoms with Crippen molar-refractivity contribution >= 4 is 39.2 Å². The Morgan fingerprint density at radius 1 is 1.22 bits per heavy atom. The van der Waals surface area contributed by atoms with Crippen LogP contribution in [-0.2, 0) is 4.79 Å². The highest BCUT2D eigenvalue weighted by molar-refractivity contribution is 9.10. The molecule has 1 atom stereocenters. The number of hydrogen-bond donors (Lipinski definition) is 1. The van der Waals surface area contributed by atoms with Crippen molar-refractivity contribution in [2.24, 2.45) is 11.1 Å².